The number of anilines is 2. The summed E-state index contributed by atoms with van der Waals surface area (Å²) >= 11 is 5.84. The summed E-state index contributed by atoms with van der Waals surface area (Å²) in [6, 6.07) is 5.95. The highest BCUT2D eigenvalue weighted by atomic mass is 35.5. The minimum absolute atomic E-state index is 0.244. The van der Waals surface area contributed by atoms with Gasteiger partial charge in [-0.25, -0.2) is 4.79 Å². The van der Waals surface area contributed by atoms with Gasteiger partial charge in [-0.05, 0) is 18.2 Å². The van der Waals surface area contributed by atoms with Gasteiger partial charge in [0.25, 0.3) is 0 Å². The minimum Gasteiger partial charge on any atom is -0.495 e. The molecule has 2 amide bonds. The number of amides is 2. The first-order valence-electron chi connectivity index (χ1n) is 5.01. The van der Waals surface area contributed by atoms with Crippen molar-refractivity contribution < 1.29 is 14.1 Å². The van der Waals surface area contributed by atoms with Crippen molar-refractivity contribution in [2.24, 2.45) is 0 Å². The van der Waals surface area contributed by atoms with Crippen molar-refractivity contribution in [3.8, 4) is 5.75 Å². The van der Waals surface area contributed by atoms with Crippen LogP contribution in [0.15, 0.2) is 35.0 Å². The molecule has 0 aliphatic heterocycles. The van der Waals surface area contributed by atoms with Crippen LogP contribution in [0.4, 0.5) is 16.4 Å². The van der Waals surface area contributed by atoms with E-state index in [9.17, 15) is 4.79 Å². The molecule has 0 aliphatic rings. The van der Waals surface area contributed by atoms with Gasteiger partial charge in [-0.1, -0.05) is 16.8 Å². The molecule has 0 aliphatic carbocycles. The number of ether oxygens (including phenoxy) is 1. The quantitative estimate of drug-likeness (QED) is 0.896. The molecule has 1 heterocycles. The molecule has 0 saturated heterocycles. The van der Waals surface area contributed by atoms with Crippen molar-refractivity contribution in [2.45, 2.75) is 0 Å². The van der Waals surface area contributed by atoms with E-state index >= 15 is 0 Å². The van der Waals surface area contributed by atoms with E-state index in [-0.39, 0.29) is 5.88 Å². The smallest absolute Gasteiger partial charge is 0.326 e. The van der Waals surface area contributed by atoms with E-state index in [0.717, 1.165) is 0 Å². The second-order valence-corrected chi connectivity index (χ2v) is 3.74. The molecule has 6 nitrogen and oxygen atoms in total. The Labute approximate surface area is 108 Å². The van der Waals surface area contributed by atoms with E-state index in [4.69, 9.17) is 20.9 Å². The summed E-state index contributed by atoms with van der Waals surface area (Å²) in [4.78, 5) is 11.7. The van der Waals surface area contributed by atoms with Crippen LogP contribution in [-0.4, -0.2) is 18.3 Å². The number of halogens is 1. The lowest BCUT2D eigenvalue weighted by atomic mass is 10.3. The Hall–Kier alpha value is -2.21. The van der Waals surface area contributed by atoms with E-state index in [1.54, 1.807) is 18.2 Å². The number of benzene rings is 1. The Morgan fingerprint density at radius 2 is 2.22 bits per heavy atom. The molecule has 2 aromatic rings. The maximum atomic E-state index is 11.7. The van der Waals surface area contributed by atoms with Crippen LogP contribution in [0.25, 0.3) is 0 Å². The molecule has 1 aromatic heterocycles. The van der Waals surface area contributed by atoms with Gasteiger partial charge < -0.3 is 14.6 Å². The Balaban J connectivity index is 2.08. The zero-order valence-corrected chi connectivity index (χ0v) is 10.2. The standard InChI is InChI=1S/C11H10ClN3O3/c1-17-9-3-2-7(12)6-8(9)14-11(16)15-10-4-5-13-18-10/h2-6H,1H3,(H2,14,15,16). The van der Waals surface area contributed by atoms with E-state index < -0.39 is 6.03 Å². The summed E-state index contributed by atoms with van der Waals surface area (Å²) in [5.74, 6) is 0.751. The van der Waals surface area contributed by atoms with Crippen LogP contribution < -0.4 is 15.4 Å². The lowest BCUT2D eigenvalue weighted by molar-refractivity contribution is 0.261. The molecule has 0 unspecified atom stereocenters. The number of nitrogens with zero attached hydrogens (tertiary/aromatic N) is 1. The highest BCUT2D eigenvalue weighted by Crippen LogP contribution is 2.27. The lowest BCUT2D eigenvalue weighted by Gasteiger charge is -2.10. The van der Waals surface area contributed by atoms with Crippen molar-refractivity contribution in [3.05, 3.63) is 35.5 Å². The van der Waals surface area contributed by atoms with Crippen LogP contribution in [0.3, 0.4) is 0 Å². The van der Waals surface area contributed by atoms with Gasteiger partial charge in [-0.15, -0.1) is 0 Å². The third-order valence-electron chi connectivity index (χ3n) is 2.08. The van der Waals surface area contributed by atoms with Gasteiger partial charge in [0.2, 0.25) is 5.88 Å². The number of carbonyl (C=O) groups is 1. The molecule has 0 fully saturated rings. The third kappa shape index (κ3) is 2.92. The van der Waals surface area contributed by atoms with Crippen LogP contribution in [0.2, 0.25) is 5.02 Å². The highest BCUT2D eigenvalue weighted by Gasteiger charge is 2.09. The van der Waals surface area contributed by atoms with E-state index in [2.05, 4.69) is 15.8 Å². The average molecular weight is 268 g/mol. The fourth-order valence-corrected chi connectivity index (χ4v) is 1.50. The molecule has 0 saturated carbocycles. The number of urea groups is 1. The van der Waals surface area contributed by atoms with Crippen LogP contribution in [-0.2, 0) is 0 Å². The zero-order chi connectivity index (χ0) is 13.0. The van der Waals surface area contributed by atoms with Gasteiger partial charge in [-0.2, -0.15) is 0 Å². The van der Waals surface area contributed by atoms with Crippen molar-refractivity contribution in [2.75, 3.05) is 17.7 Å². The normalized spacial score (nSPS) is 9.89. The lowest BCUT2D eigenvalue weighted by Crippen LogP contribution is -2.19. The summed E-state index contributed by atoms with van der Waals surface area (Å²) in [5.41, 5.74) is 0.460. The second kappa shape index (κ2) is 5.42. The number of carbonyl (C=O) groups excluding carboxylic acids is 1. The van der Waals surface area contributed by atoms with Gasteiger partial charge in [-0.3, -0.25) is 5.32 Å². The molecule has 2 N–H and O–H groups in total. The third-order valence-corrected chi connectivity index (χ3v) is 2.32. The molecule has 1 aromatic carbocycles. The first-order chi connectivity index (χ1) is 8.69. The molecule has 0 atom stereocenters. The van der Waals surface area contributed by atoms with Crippen LogP contribution in [0, 0.1) is 0 Å². The Morgan fingerprint density at radius 3 is 2.89 bits per heavy atom. The Bertz CT molecular complexity index is 542. The fourth-order valence-electron chi connectivity index (χ4n) is 1.32. The Morgan fingerprint density at radius 1 is 1.39 bits per heavy atom. The maximum Gasteiger partial charge on any atom is 0.326 e. The Kier molecular flexibility index (Phi) is 3.69. The van der Waals surface area contributed by atoms with Crippen LogP contribution in [0.1, 0.15) is 0 Å². The molecule has 0 spiro atoms. The molecular formula is C11H10ClN3O3. The van der Waals surface area contributed by atoms with Crippen molar-refractivity contribution >= 4 is 29.2 Å². The summed E-state index contributed by atoms with van der Waals surface area (Å²) in [6.07, 6.45) is 1.43. The average Bonchev–Trinajstić information content (AvgIpc) is 2.82. The molecule has 7 heteroatoms. The zero-order valence-electron chi connectivity index (χ0n) is 9.44. The largest absolute Gasteiger partial charge is 0.495 e. The number of hydrogen-bond donors (Lipinski definition) is 2. The van der Waals surface area contributed by atoms with Gasteiger partial charge in [0.1, 0.15) is 5.75 Å². The van der Waals surface area contributed by atoms with Crippen molar-refractivity contribution in [1.82, 2.24) is 5.16 Å². The first kappa shape index (κ1) is 12.3. The maximum absolute atomic E-state index is 11.7. The first-order valence-corrected chi connectivity index (χ1v) is 5.39. The van der Waals surface area contributed by atoms with Crippen LogP contribution in [0.5, 0.6) is 5.75 Å². The molecular weight excluding hydrogens is 258 g/mol. The summed E-state index contributed by atoms with van der Waals surface area (Å²) < 4.78 is 9.84. The molecule has 0 radical (unpaired) electrons. The van der Waals surface area contributed by atoms with E-state index in [1.165, 1.54) is 19.4 Å². The predicted octanol–water partition coefficient (Wildman–Crippen LogP) is 2.98. The summed E-state index contributed by atoms with van der Waals surface area (Å²) in [6.45, 7) is 0. The van der Waals surface area contributed by atoms with Gasteiger partial charge >= 0.3 is 6.03 Å². The minimum atomic E-state index is -0.479. The van der Waals surface area contributed by atoms with E-state index in [0.29, 0.717) is 16.5 Å². The summed E-state index contributed by atoms with van der Waals surface area (Å²) in [5, 5.41) is 9.01. The number of nitrogens with one attached hydrogen (secondary N) is 2. The fraction of sp³-hybridized carbons (Fsp3) is 0.0909. The number of aromatic nitrogens is 1. The summed E-state index contributed by atoms with van der Waals surface area (Å²) in [7, 11) is 1.50. The SMILES string of the molecule is COc1ccc(Cl)cc1NC(=O)Nc1ccno1. The van der Waals surface area contributed by atoms with Gasteiger partial charge in [0.15, 0.2) is 0 Å². The molecule has 2 rings (SSSR count). The predicted molar refractivity (Wildman–Crippen MR) is 67.1 cm³/mol. The van der Waals surface area contributed by atoms with Crippen molar-refractivity contribution in [3.63, 3.8) is 0 Å². The second-order valence-electron chi connectivity index (χ2n) is 3.30. The van der Waals surface area contributed by atoms with Gasteiger partial charge in [0, 0.05) is 11.1 Å². The van der Waals surface area contributed by atoms with E-state index in [1.807, 2.05) is 0 Å². The molecule has 18 heavy (non-hydrogen) atoms. The van der Waals surface area contributed by atoms with Gasteiger partial charge in [0.05, 0.1) is 19.0 Å². The molecule has 94 valence electrons. The van der Waals surface area contributed by atoms with Crippen molar-refractivity contribution in [1.29, 1.82) is 0 Å². The number of rotatable bonds is 3. The molecule has 0 bridgehead atoms. The monoisotopic (exact) mass is 267 g/mol. The highest BCUT2D eigenvalue weighted by molar-refractivity contribution is 6.31. The van der Waals surface area contributed by atoms with Crippen LogP contribution >= 0.6 is 11.6 Å². The topological polar surface area (TPSA) is 76.4 Å². The number of methoxy groups -OCH3 is 1. The number of hydrogen-bond acceptors (Lipinski definition) is 4.